The highest BCUT2D eigenvalue weighted by Crippen LogP contribution is 2.31. The summed E-state index contributed by atoms with van der Waals surface area (Å²) in [6, 6.07) is 10.9. The zero-order chi connectivity index (χ0) is 19.6. The van der Waals surface area contributed by atoms with E-state index in [2.05, 4.69) is 10.6 Å². The lowest BCUT2D eigenvalue weighted by Crippen LogP contribution is -2.43. The number of hydrogen-bond donors (Lipinski definition) is 2. The van der Waals surface area contributed by atoms with E-state index in [0.29, 0.717) is 4.90 Å². The minimum Gasteiger partial charge on any atom is -0.350 e. The van der Waals surface area contributed by atoms with Gasteiger partial charge in [-0.25, -0.2) is 13.6 Å². The number of amides is 4. The van der Waals surface area contributed by atoms with Gasteiger partial charge in [0.2, 0.25) is 5.91 Å². The molecule has 0 radical (unpaired) electrons. The average Bonchev–Trinajstić information content (AvgIpc) is 2.87. The van der Waals surface area contributed by atoms with Crippen molar-refractivity contribution in [2.24, 2.45) is 0 Å². The minimum absolute atomic E-state index is 0.235. The Kier molecular flexibility index (Phi) is 4.89. The molecule has 1 unspecified atom stereocenters. The molecule has 2 aromatic carbocycles. The molecule has 1 heterocycles. The highest BCUT2D eigenvalue weighted by Gasteiger charge is 2.50. The van der Waals surface area contributed by atoms with Gasteiger partial charge < -0.3 is 10.6 Å². The molecule has 2 N–H and O–H groups in total. The Morgan fingerprint density at radius 3 is 2.56 bits per heavy atom. The number of imide groups is 1. The van der Waals surface area contributed by atoms with Gasteiger partial charge in [-0.1, -0.05) is 30.3 Å². The first-order valence-electron chi connectivity index (χ1n) is 8.21. The molecular weight excluding hydrogens is 356 g/mol. The molecule has 0 aromatic heterocycles. The molecule has 0 bridgehead atoms. The standard InChI is InChI=1S/C19H17F2N3O3/c1-19(14-9-13(20)7-8-15(14)21)17(26)24(18(27)23-19)11-16(25)22-10-12-5-3-2-4-6-12/h2-9H,10-11H2,1H3,(H,22,25)(H,23,27). The molecule has 140 valence electrons. The lowest BCUT2D eigenvalue weighted by atomic mass is 9.91. The average molecular weight is 373 g/mol. The zero-order valence-electron chi connectivity index (χ0n) is 14.5. The number of rotatable bonds is 5. The fraction of sp³-hybridized carbons (Fsp3) is 0.211. The van der Waals surface area contributed by atoms with E-state index in [1.54, 1.807) is 0 Å². The number of urea groups is 1. The number of benzene rings is 2. The molecule has 8 heteroatoms. The van der Waals surface area contributed by atoms with Crippen LogP contribution in [-0.4, -0.2) is 29.3 Å². The number of hydrogen-bond acceptors (Lipinski definition) is 3. The molecule has 27 heavy (non-hydrogen) atoms. The van der Waals surface area contributed by atoms with Crippen molar-refractivity contribution in [3.8, 4) is 0 Å². The van der Waals surface area contributed by atoms with Gasteiger partial charge in [0.25, 0.3) is 5.91 Å². The molecular formula is C19H17F2N3O3. The maximum absolute atomic E-state index is 14.1. The zero-order valence-corrected chi connectivity index (χ0v) is 14.5. The van der Waals surface area contributed by atoms with Gasteiger partial charge in [-0.3, -0.25) is 14.5 Å². The topological polar surface area (TPSA) is 78.5 Å². The van der Waals surface area contributed by atoms with E-state index < -0.39 is 41.6 Å². The van der Waals surface area contributed by atoms with Crippen LogP contribution in [0.1, 0.15) is 18.1 Å². The number of nitrogens with zero attached hydrogens (tertiary/aromatic N) is 1. The molecule has 0 aliphatic carbocycles. The minimum atomic E-state index is -1.79. The summed E-state index contributed by atoms with van der Waals surface area (Å²) in [7, 11) is 0. The Hall–Kier alpha value is -3.29. The first-order chi connectivity index (χ1) is 12.8. The summed E-state index contributed by atoms with van der Waals surface area (Å²) in [5, 5.41) is 4.95. The van der Waals surface area contributed by atoms with Gasteiger partial charge in [-0.2, -0.15) is 0 Å². The normalized spacial score (nSPS) is 19.1. The monoisotopic (exact) mass is 373 g/mol. The third-order valence-electron chi connectivity index (χ3n) is 4.38. The summed E-state index contributed by atoms with van der Waals surface area (Å²) < 4.78 is 27.6. The molecule has 4 amide bonds. The smallest absolute Gasteiger partial charge is 0.325 e. The maximum Gasteiger partial charge on any atom is 0.325 e. The Labute approximate surface area is 154 Å². The van der Waals surface area contributed by atoms with Crippen molar-refractivity contribution in [1.82, 2.24) is 15.5 Å². The van der Waals surface area contributed by atoms with E-state index in [9.17, 15) is 23.2 Å². The van der Waals surface area contributed by atoms with Gasteiger partial charge in [0, 0.05) is 12.1 Å². The van der Waals surface area contributed by atoms with E-state index in [1.165, 1.54) is 6.92 Å². The number of carbonyl (C=O) groups excluding carboxylic acids is 3. The molecule has 1 saturated heterocycles. The summed E-state index contributed by atoms with van der Waals surface area (Å²) in [6.45, 7) is 0.982. The Morgan fingerprint density at radius 2 is 1.85 bits per heavy atom. The van der Waals surface area contributed by atoms with Gasteiger partial charge in [-0.05, 0) is 30.7 Å². The van der Waals surface area contributed by atoms with Crippen LogP contribution in [0.4, 0.5) is 13.6 Å². The van der Waals surface area contributed by atoms with E-state index >= 15 is 0 Å². The van der Waals surface area contributed by atoms with Crippen molar-refractivity contribution in [3.63, 3.8) is 0 Å². The van der Waals surface area contributed by atoms with E-state index in [-0.39, 0.29) is 12.1 Å². The first kappa shape index (κ1) is 18.5. The summed E-state index contributed by atoms with van der Waals surface area (Å²) >= 11 is 0. The Morgan fingerprint density at radius 1 is 1.15 bits per heavy atom. The van der Waals surface area contributed by atoms with Gasteiger partial charge in [0.1, 0.15) is 23.7 Å². The van der Waals surface area contributed by atoms with E-state index in [0.717, 1.165) is 23.8 Å². The van der Waals surface area contributed by atoms with Crippen LogP contribution in [0, 0.1) is 11.6 Å². The van der Waals surface area contributed by atoms with Crippen LogP contribution >= 0.6 is 0 Å². The van der Waals surface area contributed by atoms with Crippen LogP contribution in [0.5, 0.6) is 0 Å². The molecule has 1 fully saturated rings. The van der Waals surface area contributed by atoms with E-state index in [4.69, 9.17) is 0 Å². The lowest BCUT2D eigenvalue weighted by Gasteiger charge is -2.22. The molecule has 3 rings (SSSR count). The van der Waals surface area contributed by atoms with Crippen molar-refractivity contribution < 1.29 is 23.2 Å². The second-order valence-electron chi connectivity index (χ2n) is 6.33. The third-order valence-corrected chi connectivity index (χ3v) is 4.38. The van der Waals surface area contributed by atoms with Crippen molar-refractivity contribution in [2.45, 2.75) is 19.0 Å². The largest absolute Gasteiger partial charge is 0.350 e. The maximum atomic E-state index is 14.1. The second kappa shape index (κ2) is 7.14. The van der Waals surface area contributed by atoms with Crippen molar-refractivity contribution in [1.29, 1.82) is 0 Å². The lowest BCUT2D eigenvalue weighted by molar-refractivity contribution is -0.134. The van der Waals surface area contributed by atoms with Crippen LogP contribution in [0.15, 0.2) is 48.5 Å². The summed E-state index contributed by atoms with van der Waals surface area (Å²) in [5.41, 5.74) is -1.23. The molecule has 2 aromatic rings. The van der Waals surface area contributed by atoms with Crippen LogP contribution in [0.2, 0.25) is 0 Å². The summed E-state index contributed by atoms with van der Waals surface area (Å²) in [6.07, 6.45) is 0. The molecule has 1 aliphatic rings. The van der Waals surface area contributed by atoms with Crippen molar-refractivity contribution in [3.05, 3.63) is 71.3 Å². The number of nitrogens with one attached hydrogen (secondary N) is 2. The van der Waals surface area contributed by atoms with Gasteiger partial charge in [0.15, 0.2) is 0 Å². The van der Waals surface area contributed by atoms with Crippen LogP contribution in [0.3, 0.4) is 0 Å². The van der Waals surface area contributed by atoms with Gasteiger partial charge >= 0.3 is 6.03 Å². The highest BCUT2D eigenvalue weighted by atomic mass is 19.1. The number of halogens is 2. The quantitative estimate of drug-likeness (QED) is 0.788. The molecule has 6 nitrogen and oxygen atoms in total. The Balaban J connectivity index is 1.72. The van der Waals surface area contributed by atoms with Crippen molar-refractivity contribution in [2.75, 3.05) is 6.54 Å². The van der Waals surface area contributed by atoms with Crippen molar-refractivity contribution >= 4 is 17.8 Å². The molecule has 0 spiro atoms. The fourth-order valence-electron chi connectivity index (χ4n) is 2.90. The predicted octanol–water partition coefficient (Wildman–Crippen LogP) is 2.05. The summed E-state index contributed by atoms with van der Waals surface area (Å²) in [4.78, 5) is 37.7. The first-order valence-corrected chi connectivity index (χ1v) is 8.21. The summed E-state index contributed by atoms with van der Waals surface area (Å²) in [5.74, 6) is -2.95. The van der Waals surface area contributed by atoms with Gasteiger partial charge in [-0.15, -0.1) is 0 Å². The molecule has 1 aliphatic heterocycles. The van der Waals surface area contributed by atoms with Crippen LogP contribution in [0.25, 0.3) is 0 Å². The van der Waals surface area contributed by atoms with Gasteiger partial charge in [0.05, 0.1) is 0 Å². The predicted molar refractivity (Wildman–Crippen MR) is 92.2 cm³/mol. The second-order valence-corrected chi connectivity index (χ2v) is 6.33. The third kappa shape index (κ3) is 3.64. The Bertz CT molecular complexity index is 904. The SMILES string of the molecule is CC1(c2cc(F)ccc2F)NC(=O)N(CC(=O)NCc2ccccc2)C1=O. The fourth-order valence-corrected chi connectivity index (χ4v) is 2.90. The van der Waals surface area contributed by atoms with Crippen LogP contribution in [-0.2, 0) is 21.7 Å². The molecule has 1 atom stereocenters. The molecule has 0 saturated carbocycles. The highest BCUT2D eigenvalue weighted by molar-refractivity contribution is 6.09. The van der Waals surface area contributed by atoms with E-state index in [1.807, 2.05) is 30.3 Å². The van der Waals surface area contributed by atoms with Crippen LogP contribution < -0.4 is 10.6 Å². The number of carbonyl (C=O) groups is 3.